The van der Waals surface area contributed by atoms with Crippen molar-refractivity contribution >= 4 is 29.0 Å². The van der Waals surface area contributed by atoms with Crippen LogP contribution in [0, 0.1) is 6.92 Å². The molecule has 0 radical (unpaired) electrons. The number of nitrogens with one attached hydrogen (secondary N) is 1. The third-order valence-corrected chi connectivity index (χ3v) is 3.44. The molecule has 94 valence electrons. The van der Waals surface area contributed by atoms with E-state index in [0.29, 0.717) is 11.4 Å². The summed E-state index contributed by atoms with van der Waals surface area (Å²) < 4.78 is 0.0993. The van der Waals surface area contributed by atoms with Crippen LogP contribution in [0.15, 0.2) is 18.2 Å². The van der Waals surface area contributed by atoms with Crippen molar-refractivity contribution < 1.29 is 4.79 Å². The molecule has 3 nitrogen and oxygen atoms in total. The summed E-state index contributed by atoms with van der Waals surface area (Å²) in [6.07, 6.45) is 0. The first-order chi connectivity index (χ1) is 7.78. The fourth-order valence-electron chi connectivity index (χ4n) is 1.24. The number of hydrogen-bond donors (Lipinski definition) is 2. The summed E-state index contributed by atoms with van der Waals surface area (Å²) in [5.41, 5.74) is 8.17. The Hall–Kier alpha value is -1.16. The molecule has 1 amide bonds. The second kappa shape index (κ2) is 5.45. The minimum absolute atomic E-state index is 0.0126. The van der Waals surface area contributed by atoms with Crippen molar-refractivity contribution in [1.29, 1.82) is 0 Å². The molecule has 0 aliphatic carbocycles. The molecule has 0 saturated carbocycles. The van der Waals surface area contributed by atoms with E-state index >= 15 is 0 Å². The van der Waals surface area contributed by atoms with Crippen LogP contribution in [0.1, 0.15) is 26.3 Å². The third-order valence-electron chi connectivity index (χ3n) is 2.17. The number of hydrogen-bond acceptors (Lipinski definition) is 3. The number of nitrogens with two attached hydrogens (primary N) is 1. The van der Waals surface area contributed by atoms with Gasteiger partial charge in [-0.05, 0) is 24.6 Å². The van der Waals surface area contributed by atoms with Crippen LogP contribution < -0.4 is 11.1 Å². The van der Waals surface area contributed by atoms with Gasteiger partial charge in [-0.15, -0.1) is 11.8 Å². The average molecular weight is 252 g/mol. The van der Waals surface area contributed by atoms with Crippen molar-refractivity contribution in [2.75, 3.05) is 16.8 Å². The molecule has 0 bridgehead atoms. The molecule has 0 heterocycles. The fraction of sp³-hybridized carbons (Fsp3) is 0.462. The summed E-state index contributed by atoms with van der Waals surface area (Å²) >= 11 is 1.63. The van der Waals surface area contributed by atoms with Gasteiger partial charge in [0.1, 0.15) is 0 Å². The summed E-state index contributed by atoms with van der Waals surface area (Å²) in [4.78, 5) is 11.7. The summed E-state index contributed by atoms with van der Waals surface area (Å²) in [7, 11) is 0. The van der Waals surface area contributed by atoms with Gasteiger partial charge < -0.3 is 11.1 Å². The molecule has 0 atom stereocenters. The van der Waals surface area contributed by atoms with E-state index < -0.39 is 0 Å². The van der Waals surface area contributed by atoms with Gasteiger partial charge in [0.25, 0.3) is 0 Å². The molecule has 0 unspecified atom stereocenters. The summed E-state index contributed by atoms with van der Waals surface area (Å²) in [5, 5.41) is 2.88. The fourth-order valence-corrected chi connectivity index (χ4v) is 1.88. The van der Waals surface area contributed by atoms with Gasteiger partial charge in [-0.3, -0.25) is 4.79 Å². The van der Waals surface area contributed by atoms with Crippen molar-refractivity contribution in [3.05, 3.63) is 23.8 Å². The molecular formula is C13H20N2OS. The van der Waals surface area contributed by atoms with Crippen LogP contribution in [0.5, 0.6) is 0 Å². The number of nitrogen functional groups attached to an aromatic ring is 1. The topological polar surface area (TPSA) is 55.1 Å². The van der Waals surface area contributed by atoms with Gasteiger partial charge in [0.15, 0.2) is 0 Å². The molecule has 0 fully saturated rings. The first-order valence-corrected chi connectivity index (χ1v) is 6.56. The Kier molecular flexibility index (Phi) is 4.46. The van der Waals surface area contributed by atoms with E-state index in [2.05, 4.69) is 26.1 Å². The second-order valence-corrected chi connectivity index (χ2v) is 6.83. The van der Waals surface area contributed by atoms with Gasteiger partial charge >= 0.3 is 0 Å². The highest BCUT2D eigenvalue weighted by atomic mass is 32.2. The predicted molar refractivity (Wildman–Crippen MR) is 76.4 cm³/mol. The Morgan fingerprint density at radius 2 is 2.06 bits per heavy atom. The normalized spacial score (nSPS) is 11.3. The monoisotopic (exact) mass is 252 g/mol. The zero-order valence-electron chi connectivity index (χ0n) is 10.8. The van der Waals surface area contributed by atoms with Crippen molar-refractivity contribution in [3.8, 4) is 0 Å². The van der Waals surface area contributed by atoms with E-state index in [1.54, 1.807) is 17.8 Å². The largest absolute Gasteiger partial charge is 0.399 e. The molecule has 0 aromatic heterocycles. The molecule has 3 N–H and O–H groups in total. The number of benzene rings is 1. The van der Waals surface area contributed by atoms with Crippen LogP contribution in [-0.2, 0) is 4.79 Å². The second-order valence-electron chi connectivity index (χ2n) is 5.02. The molecule has 4 heteroatoms. The first kappa shape index (κ1) is 13.9. The molecule has 1 rings (SSSR count). The lowest BCUT2D eigenvalue weighted by Gasteiger charge is -2.17. The molecule has 1 aromatic rings. The number of carbonyl (C=O) groups excluding carboxylic acids is 1. The van der Waals surface area contributed by atoms with E-state index in [1.165, 1.54) is 0 Å². The van der Waals surface area contributed by atoms with Gasteiger partial charge in [-0.25, -0.2) is 0 Å². The van der Waals surface area contributed by atoms with Gasteiger partial charge in [0.2, 0.25) is 5.91 Å². The number of anilines is 2. The predicted octanol–water partition coefficient (Wildman–Crippen LogP) is 3.05. The number of aryl methyl sites for hydroxylation is 1. The zero-order chi connectivity index (χ0) is 13.1. The molecule has 0 aliphatic heterocycles. The Balaban J connectivity index is 2.59. The van der Waals surface area contributed by atoms with E-state index in [4.69, 9.17) is 5.73 Å². The highest BCUT2D eigenvalue weighted by Gasteiger charge is 2.13. The molecule has 0 saturated heterocycles. The van der Waals surface area contributed by atoms with Crippen LogP contribution >= 0.6 is 11.8 Å². The van der Waals surface area contributed by atoms with Crippen molar-refractivity contribution in [2.24, 2.45) is 0 Å². The third kappa shape index (κ3) is 5.13. The Morgan fingerprint density at radius 1 is 1.41 bits per heavy atom. The first-order valence-electron chi connectivity index (χ1n) is 5.58. The maximum Gasteiger partial charge on any atom is 0.234 e. The van der Waals surface area contributed by atoms with Crippen LogP contribution in [0.3, 0.4) is 0 Å². The minimum Gasteiger partial charge on any atom is -0.399 e. The van der Waals surface area contributed by atoms with E-state index in [0.717, 1.165) is 11.3 Å². The zero-order valence-corrected chi connectivity index (χ0v) is 11.6. The average Bonchev–Trinajstić information content (AvgIpc) is 2.20. The number of carbonyl (C=O) groups is 1. The Bertz CT molecular complexity index is 410. The Morgan fingerprint density at radius 3 is 2.65 bits per heavy atom. The van der Waals surface area contributed by atoms with E-state index in [-0.39, 0.29) is 10.7 Å². The minimum atomic E-state index is 0.0126. The molecule has 1 aromatic carbocycles. The van der Waals surface area contributed by atoms with Gasteiger partial charge in [-0.1, -0.05) is 26.8 Å². The SMILES string of the molecule is Cc1ccc(N)cc1NC(=O)CSC(C)(C)C. The maximum absolute atomic E-state index is 11.7. The highest BCUT2D eigenvalue weighted by Crippen LogP contribution is 2.24. The lowest BCUT2D eigenvalue weighted by molar-refractivity contribution is -0.113. The molecule has 0 aliphatic rings. The Labute approximate surface area is 107 Å². The quantitative estimate of drug-likeness (QED) is 0.813. The summed E-state index contributed by atoms with van der Waals surface area (Å²) in [6, 6.07) is 5.52. The number of amides is 1. The van der Waals surface area contributed by atoms with Gasteiger partial charge in [0, 0.05) is 16.1 Å². The van der Waals surface area contributed by atoms with Crippen LogP contribution in [-0.4, -0.2) is 16.4 Å². The molecule has 0 spiro atoms. The van der Waals surface area contributed by atoms with Crippen molar-refractivity contribution in [2.45, 2.75) is 32.4 Å². The maximum atomic E-state index is 11.7. The van der Waals surface area contributed by atoms with E-state index in [1.807, 2.05) is 19.1 Å². The number of rotatable bonds is 3. The van der Waals surface area contributed by atoms with Gasteiger partial charge in [0.05, 0.1) is 5.75 Å². The van der Waals surface area contributed by atoms with Crippen molar-refractivity contribution in [3.63, 3.8) is 0 Å². The van der Waals surface area contributed by atoms with Crippen LogP contribution in [0.4, 0.5) is 11.4 Å². The standard InChI is InChI=1S/C13H20N2OS/c1-9-5-6-10(14)7-11(9)15-12(16)8-17-13(2,3)4/h5-7H,8,14H2,1-4H3,(H,15,16). The van der Waals surface area contributed by atoms with E-state index in [9.17, 15) is 4.79 Å². The van der Waals surface area contributed by atoms with Gasteiger partial charge in [-0.2, -0.15) is 0 Å². The summed E-state index contributed by atoms with van der Waals surface area (Å²) in [6.45, 7) is 8.23. The highest BCUT2D eigenvalue weighted by molar-refractivity contribution is 8.01. The lowest BCUT2D eigenvalue weighted by atomic mass is 10.2. The van der Waals surface area contributed by atoms with Crippen LogP contribution in [0.2, 0.25) is 0 Å². The van der Waals surface area contributed by atoms with Crippen molar-refractivity contribution in [1.82, 2.24) is 0 Å². The summed E-state index contributed by atoms with van der Waals surface area (Å²) in [5.74, 6) is 0.469. The van der Waals surface area contributed by atoms with Crippen LogP contribution in [0.25, 0.3) is 0 Å². The lowest BCUT2D eigenvalue weighted by Crippen LogP contribution is -2.19. The smallest absolute Gasteiger partial charge is 0.234 e. The molecule has 17 heavy (non-hydrogen) atoms. The number of thioether (sulfide) groups is 1. The molecular weight excluding hydrogens is 232 g/mol.